The average molecular weight is 370 g/mol. The maximum atomic E-state index is 13.3. The number of aromatic nitrogens is 2. The van der Waals surface area contributed by atoms with Gasteiger partial charge in [0.25, 0.3) is 0 Å². The molecule has 2 aliphatic heterocycles. The van der Waals surface area contributed by atoms with Gasteiger partial charge in [0.1, 0.15) is 6.04 Å². The van der Waals surface area contributed by atoms with Crippen molar-refractivity contribution in [1.82, 2.24) is 20.0 Å². The van der Waals surface area contributed by atoms with Crippen molar-refractivity contribution in [2.24, 2.45) is 0 Å². The standard InChI is InChI=1S/C20H26N4O3/c1-13-11-21-22-18(13)14-6-8-24(9-7-14)20(25)19(23(2)3)15-4-5-16-17(10-15)27-12-26-16/h4-5,10-11,14,19H,6-9,12H2,1-3H3,(H,21,22)/t19-/m1/s1. The van der Waals surface area contributed by atoms with Crippen LogP contribution in [0.1, 0.15) is 41.6 Å². The lowest BCUT2D eigenvalue weighted by Crippen LogP contribution is -2.44. The molecule has 0 radical (unpaired) electrons. The van der Waals surface area contributed by atoms with Gasteiger partial charge in [-0.3, -0.25) is 14.8 Å². The third-order valence-electron chi connectivity index (χ3n) is 5.55. The highest BCUT2D eigenvalue weighted by Crippen LogP contribution is 2.36. The van der Waals surface area contributed by atoms with Crippen LogP contribution in [-0.2, 0) is 4.79 Å². The minimum absolute atomic E-state index is 0.138. The molecule has 144 valence electrons. The molecule has 1 aromatic carbocycles. The molecule has 27 heavy (non-hydrogen) atoms. The van der Waals surface area contributed by atoms with Crippen molar-refractivity contribution in [2.75, 3.05) is 34.0 Å². The number of carbonyl (C=O) groups is 1. The van der Waals surface area contributed by atoms with E-state index in [-0.39, 0.29) is 18.7 Å². The largest absolute Gasteiger partial charge is 0.454 e. The first-order valence-corrected chi connectivity index (χ1v) is 9.39. The van der Waals surface area contributed by atoms with Gasteiger partial charge in [-0.1, -0.05) is 6.07 Å². The highest BCUT2D eigenvalue weighted by Gasteiger charge is 2.32. The first-order chi connectivity index (χ1) is 13.0. The predicted molar refractivity (Wildman–Crippen MR) is 101 cm³/mol. The number of piperidine rings is 1. The topological polar surface area (TPSA) is 70.7 Å². The zero-order valence-corrected chi connectivity index (χ0v) is 16.1. The van der Waals surface area contributed by atoms with E-state index in [4.69, 9.17) is 9.47 Å². The van der Waals surface area contributed by atoms with E-state index < -0.39 is 0 Å². The summed E-state index contributed by atoms with van der Waals surface area (Å²) >= 11 is 0. The molecule has 3 heterocycles. The van der Waals surface area contributed by atoms with E-state index in [1.807, 2.05) is 48.3 Å². The van der Waals surface area contributed by atoms with Crippen LogP contribution in [0.4, 0.5) is 0 Å². The molecule has 4 rings (SSSR count). The van der Waals surface area contributed by atoms with Crippen LogP contribution in [0, 0.1) is 6.92 Å². The number of fused-ring (bicyclic) bond motifs is 1. The van der Waals surface area contributed by atoms with Gasteiger partial charge in [0.05, 0.1) is 6.20 Å². The lowest BCUT2D eigenvalue weighted by molar-refractivity contribution is -0.137. The van der Waals surface area contributed by atoms with Crippen LogP contribution in [0.5, 0.6) is 11.5 Å². The lowest BCUT2D eigenvalue weighted by atomic mass is 9.91. The highest BCUT2D eigenvalue weighted by molar-refractivity contribution is 5.83. The molecular weight excluding hydrogens is 344 g/mol. The fourth-order valence-corrected chi connectivity index (χ4v) is 4.08. The van der Waals surface area contributed by atoms with Crippen LogP contribution >= 0.6 is 0 Å². The molecule has 2 aliphatic rings. The molecule has 1 atom stereocenters. The van der Waals surface area contributed by atoms with Crippen LogP contribution in [0.25, 0.3) is 0 Å². The predicted octanol–water partition coefficient (Wildman–Crippen LogP) is 2.46. The zero-order chi connectivity index (χ0) is 19.0. The van der Waals surface area contributed by atoms with E-state index in [1.165, 1.54) is 11.3 Å². The van der Waals surface area contributed by atoms with E-state index in [9.17, 15) is 4.79 Å². The Morgan fingerprint density at radius 2 is 2.00 bits per heavy atom. The first kappa shape index (κ1) is 17.9. The number of likely N-dealkylation sites (tertiary alicyclic amines) is 1. The second-order valence-electron chi connectivity index (χ2n) is 7.55. The zero-order valence-electron chi connectivity index (χ0n) is 16.1. The number of hydrogen-bond acceptors (Lipinski definition) is 5. The summed E-state index contributed by atoms with van der Waals surface area (Å²) in [6.07, 6.45) is 3.78. The van der Waals surface area contributed by atoms with E-state index in [0.29, 0.717) is 11.7 Å². The number of carbonyl (C=O) groups excluding carboxylic acids is 1. The third kappa shape index (κ3) is 3.39. The van der Waals surface area contributed by atoms with Crippen LogP contribution in [0.2, 0.25) is 0 Å². The maximum Gasteiger partial charge on any atom is 0.244 e. The van der Waals surface area contributed by atoms with Crippen molar-refractivity contribution >= 4 is 5.91 Å². The Morgan fingerprint density at radius 3 is 2.67 bits per heavy atom. The molecule has 0 bridgehead atoms. The molecule has 0 aliphatic carbocycles. The molecule has 1 N–H and O–H groups in total. The molecule has 0 unspecified atom stereocenters. The SMILES string of the molecule is Cc1cn[nH]c1C1CCN(C(=O)[C@@H](c2ccc3c(c2)OCO3)N(C)C)CC1. The Morgan fingerprint density at radius 1 is 1.26 bits per heavy atom. The minimum atomic E-state index is -0.329. The summed E-state index contributed by atoms with van der Waals surface area (Å²) in [5, 5.41) is 7.26. The van der Waals surface area contributed by atoms with Crippen molar-refractivity contribution < 1.29 is 14.3 Å². The van der Waals surface area contributed by atoms with E-state index in [0.717, 1.165) is 37.2 Å². The second-order valence-corrected chi connectivity index (χ2v) is 7.55. The Bertz CT molecular complexity index is 824. The summed E-state index contributed by atoms with van der Waals surface area (Å²) < 4.78 is 10.9. The van der Waals surface area contributed by atoms with Gasteiger partial charge >= 0.3 is 0 Å². The Hall–Kier alpha value is -2.54. The number of hydrogen-bond donors (Lipinski definition) is 1. The maximum absolute atomic E-state index is 13.3. The number of likely N-dealkylation sites (N-methyl/N-ethyl adjacent to an activating group) is 1. The summed E-state index contributed by atoms with van der Waals surface area (Å²) in [6, 6.07) is 5.43. The van der Waals surface area contributed by atoms with Gasteiger partial charge in [-0.05, 0) is 57.1 Å². The van der Waals surface area contributed by atoms with Crippen LogP contribution in [0.15, 0.2) is 24.4 Å². The van der Waals surface area contributed by atoms with Crippen molar-refractivity contribution in [3.8, 4) is 11.5 Å². The smallest absolute Gasteiger partial charge is 0.244 e. The number of aryl methyl sites for hydroxylation is 1. The first-order valence-electron chi connectivity index (χ1n) is 9.39. The Kier molecular flexibility index (Phi) is 4.78. The number of nitrogens with zero attached hydrogens (tertiary/aromatic N) is 3. The fraction of sp³-hybridized carbons (Fsp3) is 0.500. The molecular formula is C20H26N4O3. The van der Waals surface area contributed by atoms with Gasteiger partial charge in [-0.15, -0.1) is 0 Å². The number of H-pyrrole nitrogens is 1. The lowest BCUT2D eigenvalue weighted by Gasteiger charge is -2.36. The third-order valence-corrected chi connectivity index (χ3v) is 5.55. The van der Waals surface area contributed by atoms with E-state index >= 15 is 0 Å². The number of rotatable bonds is 4. The van der Waals surface area contributed by atoms with E-state index in [2.05, 4.69) is 17.1 Å². The van der Waals surface area contributed by atoms with Crippen LogP contribution in [0.3, 0.4) is 0 Å². The Labute approximate surface area is 159 Å². The molecule has 1 aromatic heterocycles. The van der Waals surface area contributed by atoms with Crippen molar-refractivity contribution in [1.29, 1.82) is 0 Å². The highest BCUT2D eigenvalue weighted by atomic mass is 16.7. The number of nitrogens with one attached hydrogen (secondary N) is 1. The molecule has 1 fully saturated rings. The normalized spacial score (nSPS) is 18.1. The molecule has 2 aromatic rings. The molecule has 7 heteroatoms. The quantitative estimate of drug-likeness (QED) is 0.895. The van der Waals surface area contributed by atoms with Gasteiger partial charge in [0, 0.05) is 24.7 Å². The number of amides is 1. The molecule has 7 nitrogen and oxygen atoms in total. The summed E-state index contributed by atoms with van der Waals surface area (Å²) in [4.78, 5) is 17.2. The van der Waals surface area contributed by atoms with Gasteiger partial charge < -0.3 is 14.4 Å². The van der Waals surface area contributed by atoms with Crippen LogP contribution in [-0.4, -0.2) is 59.9 Å². The number of ether oxygens (including phenoxy) is 2. The van der Waals surface area contributed by atoms with Crippen LogP contribution < -0.4 is 9.47 Å². The molecule has 1 amide bonds. The Balaban J connectivity index is 1.48. The summed E-state index contributed by atoms with van der Waals surface area (Å²) in [6.45, 7) is 3.84. The van der Waals surface area contributed by atoms with Crippen molar-refractivity contribution in [3.63, 3.8) is 0 Å². The minimum Gasteiger partial charge on any atom is -0.454 e. The molecule has 0 spiro atoms. The van der Waals surface area contributed by atoms with Crippen molar-refractivity contribution in [3.05, 3.63) is 41.2 Å². The average Bonchev–Trinajstić information content (AvgIpc) is 3.30. The molecule has 0 saturated carbocycles. The van der Waals surface area contributed by atoms with Gasteiger partial charge in [0.2, 0.25) is 12.7 Å². The summed E-state index contributed by atoms with van der Waals surface area (Å²) in [5.41, 5.74) is 3.34. The van der Waals surface area contributed by atoms with E-state index in [1.54, 1.807) is 0 Å². The van der Waals surface area contributed by atoms with Gasteiger partial charge in [0.15, 0.2) is 11.5 Å². The number of aromatic amines is 1. The molecule has 1 saturated heterocycles. The fourth-order valence-electron chi connectivity index (χ4n) is 4.08. The van der Waals surface area contributed by atoms with Crippen molar-refractivity contribution in [2.45, 2.75) is 31.7 Å². The summed E-state index contributed by atoms with van der Waals surface area (Å²) in [7, 11) is 3.88. The monoisotopic (exact) mass is 370 g/mol. The number of benzene rings is 1. The summed E-state index contributed by atoms with van der Waals surface area (Å²) in [5.74, 6) is 2.03. The van der Waals surface area contributed by atoms with Gasteiger partial charge in [-0.2, -0.15) is 5.10 Å². The van der Waals surface area contributed by atoms with Gasteiger partial charge in [-0.25, -0.2) is 0 Å². The second kappa shape index (κ2) is 7.23.